The Balaban J connectivity index is 1.25. The summed E-state index contributed by atoms with van der Waals surface area (Å²) >= 11 is 0. The molecule has 2 atom stereocenters. The number of carbonyl (C=O) groups excluding carboxylic acids is 4. The fourth-order valence-electron chi connectivity index (χ4n) is 5.33. The number of nitrogens with two attached hydrogens (primary N) is 1. The van der Waals surface area contributed by atoms with E-state index in [0.29, 0.717) is 18.4 Å². The van der Waals surface area contributed by atoms with E-state index >= 15 is 0 Å². The van der Waals surface area contributed by atoms with E-state index in [1.165, 1.54) is 0 Å². The molecule has 0 radical (unpaired) electrons. The summed E-state index contributed by atoms with van der Waals surface area (Å²) in [6, 6.07) is 33.0. The topological polar surface area (TPSA) is 138 Å². The minimum Gasteiger partial charge on any atom is -0.461 e. The standard InChI is InChI=1S/C38H37N3O6/c39-35(42)24-31(21-18-26-17-19-28-11-4-5-13-30(28)23-26)47-38(45)34(15-8-16-36(43)46-25-27-9-2-1-3-10-27)41-37(44)33-22-20-29-12-6-7-14-32(29)40-33/h1-7,9-14,17,19-20,22-23,31,34H,8,15-16,18,21,24-25H2,(H2,39,42)(H,41,44)/t31-,34-/m0/s1. The highest BCUT2D eigenvalue weighted by Gasteiger charge is 2.27. The van der Waals surface area contributed by atoms with Crippen molar-refractivity contribution in [2.24, 2.45) is 5.73 Å². The fourth-order valence-corrected chi connectivity index (χ4v) is 5.33. The van der Waals surface area contributed by atoms with Crippen molar-refractivity contribution in [1.29, 1.82) is 0 Å². The Hall–Kier alpha value is -5.57. The SMILES string of the molecule is NC(=O)C[C@H](CCc1ccc2ccccc2c1)OC(=O)[C@H](CCCC(=O)OCc1ccccc1)NC(=O)c1ccc2ccccc2n1. The van der Waals surface area contributed by atoms with Gasteiger partial charge in [-0.2, -0.15) is 0 Å². The number of hydrogen-bond acceptors (Lipinski definition) is 7. The summed E-state index contributed by atoms with van der Waals surface area (Å²) in [7, 11) is 0. The maximum atomic E-state index is 13.6. The molecular weight excluding hydrogens is 594 g/mol. The maximum Gasteiger partial charge on any atom is 0.328 e. The first-order valence-corrected chi connectivity index (χ1v) is 15.7. The number of benzene rings is 4. The average molecular weight is 632 g/mol. The van der Waals surface area contributed by atoms with Crippen molar-refractivity contribution in [3.05, 3.63) is 126 Å². The number of ether oxygens (including phenoxy) is 2. The van der Waals surface area contributed by atoms with Crippen LogP contribution >= 0.6 is 0 Å². The summed E-state index contributed by atoms with van der Waals surface area (Å²) in [5.74, 6) is -2.32. The van der Waals surface area contributed by atoms with Gasteiger partial charge in [0.25, 0.3) is 5.91 Å². The second-order valence-electron chi connectivity index (χ2n) is 11.4. The van der Waals surface area contributed by atoms with Crippen LogP contribution in [-0.4, -0.2) is 40.9 Å². The molecule has 2 amide bonds. The summed E-state index contributed by atoms with van der Waals surface area (Å²) < 4.78 is 11.2. The molecule has 3 N–H and O–H groups in total. The summed E-state index contributed by atoms with van der Waals surface area (Å²) in [6.45, 7) is 0.140. The lowest BCUT2D eigenvalue weighted by Gasteiger charge is -2.22. The molecule has 0 aliphatic carbocycles. The Morgan fingerprint density at radius 3 is 2.23 bits per heavy atom. The number of carbonyl (C=O) groups is 4. The van der Waals surface area contributed by atoms with Gasteiger partial charge >= 0.3 is 11.9 Å². The number of aromatic nitrogens is 1. The number of amides is 2. The van der Waals surface area contributed by atoms with Crippen molar-refractivity contribution in [3.63, 3.8) is 0 Å². The van der Waals surface area contributed by atoms with E-state index in [1.54, 1.807) is 18.2 Å². The predicted molar refractivity (Wildman–Crippen MR) is 179 cm³/mol. The van der Waals surface area contributed by atoms with Crippen molar-refractivity contribution in [1.82, 2.24) is 10.3 Å². The van der Waals surface area contributed by atoms with Crippen LogP contribution in [0.3, 0.4) is 0 Å². The van der Waals surface area contributed by atoms with Crippen molar-refractivity contribution < 1.29 is 28.7 Å². The Labute approximate surface area is 273 Å². The summed E-state index contributed by atoms with van der Waals surface area (Å²) in [4.78, 5) is 55.7. The van der Waals surface area contributed by atoms with Gasteiger partial charge in [0.05, 0.1) is 11.9 Å². The molecule has 0 bridgehead atoms. The van der Waals surface area contributed by atoms with Crippen LogP contribution in [0.25, 0.3) is 21.7 Å². The molecule has 9 heteroatoms. The molecule has 1 aromatic heterocycles. The van der Waals surface area contributed by atoms with Crippen molar-refractivity contribution in [2.75, 3.05) is 0 Å². The van der Waals surface area contributed by atoms with Gasteiger partial charge in [-0.05, 0) is 59.7 Å². The van der Waals surface area contributed by atoms with Gasteiger partial charge in [-0.3, -0.25) is 14.4 Å². The molecule has 0 saturated heterocycles. The fraction of sp³-hybridized carbons (Fsp3) is 0.237. The highest BCUT2D eigenvalue weighted by atomic mass is 16.5. The van der Waals surface area contributed by atoms with E-state index < -0.39 is 35.9 Å². The van der Waals surface area contributed by atoms with E-state index in [0.717, 1.165) is 27.3 Å². The van der Waals surface area contributed by atoms with Crippen LogP contribution in [0.5, 0.6) is 0 Å². The van der Waals surface area contributed by atoms with Crippen molar-refractivity contribution in [2.45, 2.75) is 57.3 Å². The van der Waals surface area contributed by atoms with Crippen LogP contribution in [0.1, 0.15) is 53.7 Å². The molecule has 0 spiro atoms. The Bertz CT molecular complexity index is 1860. The van der Waals surface area contributed by atoms with Crippen LogP contribution in [0.15, 0.2) is 109 Å². The number of para-hydroxylation sites is 1. The predicted octanol–water partition coefficient (Wildman–Crippen LogP) is 5.82. The number of primary amides is 1. The number of fused-ring (bicyclic) bond motifs is 2. The normalized spacial score (nSPS) is 12.3. The second-order valence-corrected chi connectivity index (χ2v) is 11.4. The van der Waals surface area contributed by atoms with Crippen molar-refractivity contribution in [3.8, 4) is 0 Å². The zero-order chi connectivity index (χ0) is 33.0. The Kier molecular flexibility index (Phi) is 11.3. The van der Waals surface area contributed by atoms with Gasteiger partial charge in [0.15, 0.2) is 0 Å². The van der Waals surface area contributed by atoms with Gasteiger partial charge in [-0.15, -0.1) is 0 Å². The molecular formula is C38H37N3O6. The molecule has 240 valence electrons. The molecule has 0 saturated carbocycles. The van der Waals surface area contributed by atoms with Crippen LogP contribution in [0.4, 0.5) is 0 Å². The Morgan fingerprint density at radius 2 is 1.45 bits per heavy atom. The maximum absolute atomic E-state index is 13.6. The summed E-state index contributed by atoms with van der Waals surface area (Å²) in [6.07, 6.45) is 0.307. The minimum absolute atomic E-state index is 0.0351. The number of hydrogen-bond donors (Lipinski definition) is 2. The zero-order valence-corrected chi connectivity index (χ0v) is 26.0. The lowest BCUT2D eigenvalue weighted by Crippen LogP contribution is -2.43. The van der Waals surface area contributed by atoms with Gasteiger partial charge in [-0.1, -0.05) is 97.1 Å². The summed E-state index contributed by atoms with van der Waals surface area (Å²) in [5.41, 5.74) is 8.17. The molecule has 0 aliphatic rings. The van der Waals surface area contributed by atoms with Crippen LogP contribution in [-0.2, 0) is 36.9 Å². The molecule has 0 unspecified atom stereocenters. The minimum atomic E-state index is -1.10. The highest BCUT2D eigenvalue weighted by Crippen LogP contribution is 2.19. The third kappa shape index (κ3) is 9.71. The van der Waals surface area contributed by atoms with Gasteiger partial charge in [-0.25, -0.2) is 9.78 Å². The molecule has 47 heavy (non-hydrogen) atoms. The lowest BCUT2D eigenvalue weighted by molar-refractivity contribution is -0.153. The number of pyridine rings is 1. The van der Waals surface area contributed by atoms with Crippen LogP contribution in [0.2, 0.25) is 0 Å². The summed E-state index contributed by atoms with van der Waals surface area (Å²) in [5, 5.41) is 5.80. The molecule has 0 fully saturated rings. The van der Waals surface area contributed by atoms with E-state index in [-0.39, 0.29) is 38.0 Å². The number of rotatable bonds is 15. The molecule has 1 heterocycles. The number of nitrogens with zero attached hydrogens (tertiary/aromatic N) is 1. The first kappa shape index (κ1) is 32.8. The monoisotopic (exact) mass is 631 g/mol. The molecule has 0 aliphatic heterocycles. The van der Waals surface area contributed by atoms with Gasteiger partial charge in [0, 0.05) is 11.8 Å². The van der Waals surface area contributed by atoms with Gasteiger partial charge in [0.2, 0.25) is 5.91 Å². The lowest BCUT2D eigenvalue weighted by atomic mass is 10.0. The van der Waals surface area contributed by atoms with Gasteiger partial charge < -0.3 is 20.5 Å². The quantitative estimate of drug-likeness (QED) is 0.139. The average Bonchev–Trinajstić information content (AvgIpc) is 3.09. The van der Waals surface area contributed by atoms with Crippen LogP contribution in [0, 0.1) is 0 Å². The van der Waals surface area contributed by atoms with Crippen LogP contribution < -0.4 is 11.1 Å². The van der Waals surface area contributed by atoms with Crippen molar-refractivity contribution >= 4 is 45.4 Å². The van der Waals surface area contributed by atoms with E-state index in [9.17, 15) is 19.2 Å². The van der Waals surface area contributed by atoms with Gasteiger partial charge in [0.1, 0.15) is 24.4 Å². The molecule has 5 aromatic rings. The molecule has 5 rings (SSSR count). The zero-order valence-electron chi connectivity index (χ0n) is 26.0. The largest absolute Gasteiger partial charge is 0.461 e. The van der Waals surface area contributed by atoms with E-state index in [2.05, 4.69) is 16.4 Å². The molecule has 9 nitrogen and oxygen atoms in total. The molecule has 4 aromatic carbocycles. The first-order chi connectivity index (χ1) is 22.8. The number of esters is 2. The third-order valence-electron chi connectivity index (χ3n) is 7.82. The first-order valence-electron chi connectivity index (χ1n) is 15.7. The number of nitrogens with one attached hydrogen (secondary N) is 1. The third-order valence-corrected chi connectivity index (χ3v) is 7.82. The second kappa shape index (κ2) is 16.1. The van der Waals surface area contributed by atoms with E-state index in [4.69, 9.17) is 15.2 Å². The highest BCUT2D eigenvalue weighted by molar-refractivity contribution is 5.97. The Morgan fingerprint density at radius 1 is 0.745 bits per heavy atom. The smallest absolute Gasteiger partial charge is 0.328 e. The van der Waals surface area contributed by atoms with E-state index in [1.807, 2.05) is 84.9 Å². The number of aryl methyl sites for hydroxylation is 1.